The van der Waals surface area contributed by atoms with E-state index in [0.717, 1.165) is 0 Å². The second-order valence-electron chi connectivity index (χ2n) is 5.66. The molecule has 0 radical (unpaired) electrons. The van der Waals surface area contributed by atoms with Gasteiger partial charge in [-0.3, -0.25) is 4.79 Å². The number of amides is 1. The van der Waals surface area contributed by atoms with E-state index in [9.17, 15) is 13.6 Å². The second-order valence-corrected chi connectivity index (χ2v) is 6.57. The number of hydrogen-bond acceptors (Lipinski definition) is 4. The molecule has 2 aromatic rings. The molecule has 8 heteroatoms. The first-order chi connectivity index (χ1) is 12.4. The number of alkyl halides is 2. The molecule has 26 heavy (non-hydrogen) atoms. The molecule has 1 amide bonds. The Balaban J connectivity index is 1.69. The van der Waals surface area contributed by atoms with Gasteiger partial charge >= 0.3 is 6.61 Å². The minimum atomic E-state index is -2.95. The van der Waals surface area contributed by atoms with Crippen LogP contribution in [0.25, 0.3) is 0 Å². The average molecular weight is 428 g/mol. The van der Waals surface area contributed by atoms with E-state index in [4.69, 9.17) is 9.47 Å². The Bertz CT molecular complexity index is 803. The highest BCUT2D eigenvalue weighted by molar-refractivity contribution is 9.10. The van der Waals surface area contributed by atoms with Gasteiger partial charge in [0.1, 0.15) is 11.9 Å². The third-order valence-corrected chi connectivity index (χ3v) is 4.29. The Labute approximate surface area is 157 Å². The minimum absolute atomic E-state index is 0.00251. The lowest BCUT2D eigenvalue weighted by molar-refractivity contribution is -0.133. The van der Waals surface area contributed by atoms with Gasteiger partial charge in [-0.1, -0.05) is 28.1 Å². The lowest BCUT2D eigenvalue weighted by Gasteiger charge is -2.31. The Morgan fingerprint density at radius 1 is 1.23 bits per heavy atom. The summed E-state index contributed by atoms with van der Waals surface area (Å²) in [6.45, 7) is -1.21. The van der Waals surface area contributed by atoms with Crippen LogP contribution in [-0.2, 0) is 11.3 Å². The molecule has 5 nitrogen and oxygen atoms in total. The van der Waals surface area contributed by atoms with E-state index >= 15 is 0 Å². The van der Waals surface area contributed by atoms with Gasteiger partial charge in [-0.2, -0.15) is 8.78 Å². The Hall–Kier alpha value is -2.35. The molecule has 1 aliphatic heterocycles. The van der Waals surface area contributed by atoms with Crippen molar-refractivity contribution in [2.75, 3.05) is 0 Å². The number of rotatable bonds is 5. The van der Waals surface area contributed by atoms with E-state index in [1.165, 1.54) is 6.07 Å². The molecule has 2 atom stereocenters. The Kier molecular flexibility index (Phi) is 5.61. The van der Waals surface area contributed by atoms with Crippen molar-refractivity contribution < 1.29 is 27.8 Å². The molecule has 2 aromatic carbocycles. The van der Waals surface area contributed by atoms with Gasteiger partial charge in [-0.05, 0) is 37.3 Å². The maximum atomic E-state index is 12.5. The van der Waals surface area contributed by atoms with Crippen molar-refractivity contribution in [1.82, 2.24) is 5.32 Å². The highest BCUT2D eigenvalue weighted by Crippen LogP contribution is 2.33. The third-order valence-electron chi connectivity index (χ3n) is 3.79. The van der Waals surface area contributed by atoms with Crippen molar-refractivity contribution in [2.24, 2.45) is 0 Å². The van der Waals surface area contributed by atoms with Gasteiger partial charge in [0, 0.05) is 16.6 Å². The molecule has 0 aromatic heterocycles. The summed E-state index contributed by atoms with van der Waals surface area (Å²) in [5.74, 6) is 0.649. The third kappa shape index (κ3) is 4.24. The minimum Gasteiger partial charge on any atom is -0.482 e. The van der Waals surface area contributed by atoms with Crippen LogP contribution in [0, 0.1) is 0 Å². The molecule has 3 rings (SSSR count). The van der Waals surface area contributed by atoms with Crippen molar-refractivity contribution in [3.63, 3.8) is 0 Å². The first kappa shape index (κ1) is 18.4. The number of halogens is 3. The van der Waals surface area contributed by atoms with Crippen LogP contribution in [-0.4, -0.2) is 24.7 Å². The molecule has 0 saturated carbocycles. The van der Waals surface area contributed by atoms with Crippen molar-refractivity contribution in [3.8, 4) is 17.2 Å². The largest absolute Gasteiger partial charge is 0.482 e. The highest BCUT2D eigenvalue weighted by Gasteiger charge is 2.33. The zero-order chi connectivity index (χ0) is 18.7. The van der Waals surface area contributed by atoms with Crippen LogP contribution in [0.1, 0.15) is 12.5 Å². The summed E-state index contributed by atoms with van der Waals surface area (Å²) in [5, 5.41) is 2.68. The molecule has 1 N–H and O–H groups in total. The number of hydrogen-bond donors (Lipinski definition) is 1. The van der Waals surface area contributed by atoms with E-state index in [-0.39, 0.29) is 12.3 Å². The molecule has 0 aliphatic carbocycles. The van der Waals surface area contributed by atoms with E-state index < -0.39 is 24.7 Å². The van der Waals surface area contributed by atoms with Crippen LogP contribution in [0.5, 0.6) is 17.2 Å². The molecule has 1 aliphatic rings. The molecule has 138 valence electrons. The standard InChI is InChI=1S/C18H16BrF2NO4/c1-10-16(25-15-5-3-2-4-14(15)24-10)17(23)22-9-11-8-12(19)6-7-13(11)26-18(20)21/h2-8,10,16,18H,9H2,1H3,(H,22,23). The smallest absolute Gasteiger partial charge is 0.387 e. The molecule has 0 bridgehead atoms. The first-order valence-corrected chi connectivity index (χ1v) is 8.66. The average Bonchev–Trinajstić information content (AvgIpc) is 2.60. The highest BCUT2D eigenvalue weighted by atomic mass is 79.9. The van der Waals surface area contributed by atoms with Gasteiger partial charge in [0.15, 0.2) is 11.5 Å². The maximum Gasteiger partial charge on any atom is 0.387 e. The van der Waals surface area contributed by atoms with Gasteiger partial charge in [-0.25, -0.2) is 0 Å². The van der Waals surface area contributed by atoms with Crippen LogP contribution >= 0.6 is 15.9 Å². The van der Waals surface area contributed by atoms with E-state index in [1.54, 1.807) is 37.3 Å². The zero-order valence-electron chi connectivity index (χ0n) is 13.7. The van der Waals surface area contributed by atoms with Gasteiger partial charge in [0.25, 0.3) is 5.91 Å². The number of nitrogens with one attached hydrogen (secondary N) is 1. The van der Waals surface area contributed by atoms with E-state index in [2.05, 4.69) is 26.0 Å². The second kappa shape index (κ2) is 7.90. The van der Waals surface area contributed by atoms with Gasteiger partial charge in [0.2, 0.25) is 6.10 Å². The lowest BCUT2D eigenvalue weighted by Crippen LogP contribution is -2.48. The van der Waals surface area contributed by atoms with E-state index in [1.807, 2.05) is 6.07 Å². The normalized spacial score (nSPS) is 18.5. The van der Waals surface area contributed by atoms with Gasteiger partial charge < -0.3 is 19.5 Å². The number of carbonyl (C=O) groups excluding carboxylic acids is 1. The molecule has 0 spiro atoms. The van der Waals surface area contributed by atoms with Gasteiger partial charge in [-0.15, -0.1) is 0 Å². The maximum absolute atomic E-state index is 12.5. The Morgan fingerprint density at radius 3 is 2.62 bits per heavy atom. The fraction of sp³-hybridized carbons (Fsp3) is 0.278. The monoisotopic (exact) mass is 427 g/mol. The van der Waals surface area contributed by atoms with Crippen molar-refractivity contribution in [3.05, 3.63) is 52.5 Å². The topological polar surface area (TPSA) is 56.8 Å². The van der Waals surface area contributed by atoms with E-state index in [0.29, 0.717) is 21.5 Å². The first-order valence-electron chi connectivity index (χ1n) is 7.87. The number of ether oxygens (including phenoxy) is 3. The summed E-state index contributed by atoms with van der Waals surface area (Å²) in [7, 11) is 0. The number of benzene rings is 2. The fourth-order valence-electron chi connectivity index (χ4n) is 2.59. The summed E-state index contributed by atoms with van der Waals surface area (Å²) in [6, 6.07) is 11.7. The van der Waals surface area contributed by atoms with Gasteiger partial charge in [0.05, 0.1) is 0 Å². The Morgan fingerprint density at radius 2 is 1.92 bits per heavy atom. The van der Waals surface area contributed by atoms with Crippen LogP contribution in [0.3, 0.4) is 0 Å². The quantitative estimate of drug-likeness (QED) is 0.785. The molecule has 0 saturated heterocycles. The van der Waals surface area contributed by atoms with Crippen molar-refractivity contribution >= 4 is 21.8 Å². The van der Waals surface area contributed by atoms with Crippen molar-refractivity contribution in [2.45, 2.75) is 32.3 Å². The molecular weight excluding hydrogens is 412 g/mol. The summed E-state index contributed by atoms with van der Waals surface area (Å²) >= 11 is 3.27. The molecule has 2 unspecified atom stereocenters. The zero-order valence-corrected chi connectivity index (χ0v) is 15.3. The predicted molar refractivity (Wildman–Crippen MR) is 93.6 cm³/mol. The fourth-order valence-corrected chi connectivity index (χ4v) is 2.99. The summed E-state index contributed by atoms with van der Waals surface area (Å²) in [4.78, 5) is 12.5. The van der Waals surface area contributed by atoms with Crippen LogP contribution < -0.4 is 19.5 Å². The predicted octanol–water partition coefficient (Wildman–Crippen LogP) is 3.90. The van der Waals surface area contributed by atoms with Crippen LogP contribution in [0.15, 0.2) is 46.9 Å². The number of carbonyl (C=O) groups is 1. The van der Waals surface area contributed by atoms with Crippen LogP contribution in [0.2, 0.25) is 0 Å². The summed E-state index contributed by atoms with van der Waals surface area (Å²) < 4.78 is 41.6. The number of para-hydroxylation sites is 2. The summed E-state index contributed by atoms with van der Waals surface area (Å²) in [6.07, 6.45) is -1.35. The number of fused-ring (bicyclic) bond motifs is 1. The molecular formula is C18H16BrF2NO4. The van der Waals surface area contributed by atoms with Crippen LogP contribution in [0.4, 0.5) is 8.78 Å². The SMILES string of the molecule is CC1Oc2ccccc2OC1C(=O)NCc1cc(Br)ccc1OC(F)F. The summed E-state index contributed by atoms with van der Waals surface area (Å²) in [5.41, 5.74) is 0.415. The molecule has 1 heterocycles. The molecule has 0 fully saturated rings. The van der Waals surface area contributed by atoms with Crippen molar-refractivity contribution in [1.29, 1.82) is 0 Å². The lowest BCUT2D eigenvalue weighted by atomic mass is 10.1.